The topological polar surface area (TPSA) is 170 Å². The van der Waals surface area contributed by atoms with E-state index in [0.29, 0.717) is 11.3 Å². The van der Waals surface area contributed by atoms with Crippen LogP contribution in [0.15, 0.2) is 33.0 Å². The van der Waals surface area contributed by atoms with Gasteiger partial charge in [-0.3, -0.25) is 4.79 Å². The zero-order valence-electron chi connectivity index (χ0n) is 17.1. The van der Waals surface area contributed by atoms with Gasteiger partial charge >= 0.3 is 0 Å². The summed E-state index contributed by atoms with van der Waals surface area (Å²) < 4.78 is 16.1. The molecule has 1 fully saturated rings. The second-order valence-electron chi connectivity index (χ2n) is 7.58. The fourth-order valence-electron chi connectivity index (χ4n) is 3.41. The molecule has 2 heterocycles. The van der Waals surface area contributed by atoms with Crippen LogP contribution in [0.5, 0.6) is 11.5 Å². The molecular formula is C21H26O10. The van der Waals surface area contributed by atoms with Gasteiger partial charge in [-0.25, -0.2) is 0 Å². The number of benzene rings is 1. The van der Waals surface area contributed by atoms with Gasteiger partial charge in [0.1, 0.15) is 52.6 Å². The molecule has 0 bridgehead atoms. The van der Waals surface area contributed by atoms with E-state index in [4.69, 9.17) is 13.9 Å². The summed E-state index contributed by atoms with van der Waals surface area (Å²) in [6, 6.07) is 2.52. The van der Waals surface area contributed by atoms with Crippen molar-refractivity contribution >= 4 is 11.0 Å². The van der Waals surface area contributed by atoms with E-state index in [1.165, 1.54) is 12.1 Å². The SMILES string of the molecule is C/C(=C/Cc1c(O)cc2oc(C)cc(=O)c2c1O)COC1OC(CO)C(O)C(O)C1O. The van der Waals surface area contributed by atoms with Crippen molar-refractivity contribution in [2.75, 3.05) is 13.2 Å². The van der Waals surface area contributed by atoms with Crippen molar-refractivity contribution in [2.24, 2.45) is 0 Å². The lowest BCUT2D eigenvalue weighted by Crippen LogP contribution is -2.59. The van der Waals surface area contributed by atoms with Crippen molar-refractivity contribution in [1.82, 2.24) is 0 Å². The van der Waals surface area contributed by atoms with Crippen LogP contribution in [0.2, 0.25) is 0 Å². The van der Waals surface area contributed by atoms with Crippen molar-refractivity contribution in [3.8, 4) is 11.5 Å². The molecule has 5 atom stereocenters. The lowest BCUT2D eigenvalue weighted by atomic mass is 9.99. The highest BCUT2D eigenvalue weighted by molar-refractivity contribution is 5.86. The summed E-state index contributed by atoms with van der Waals surface area (Å²) in [5.74, 6) is -0.259. The van der Waals surface area contributed by atoms with Crippen LogP contribution in [-0.4, -0.2) is 74.6 Å². The molecule has 1 aromatic carbocycles. The summed E-state index contributed by atoms with van der Waals surface area (Å²) >= 11 is 0. The highest BCUT2D eigenvalue weighted by atomic mass is 16.7. The van der Waals surface area contributed by atoms with Gasteiger partial charge in [-0.15, -0.1) is 0 Å². The average molecular weight is 438 g/mol. The molecule has 1 aliphatic rings. The largest absolute Gasteiger partial charge is 0.507 e. The van der Waals surface area contributed by atoms with Gasteiger partial charge in [0, 0.05) is 17.7 Å². The van der Waals surface area contributed by atoms with Crippen molar-refractivity contribution in [3.05, 3.63) is 45.3 Å². The Balaban J connectivity index is 1.72. The average Bonchev–Trinajstić information content (AvgIpc) is 2.70. The van der Waals surface area contributed by atoms with Crippen molar-refractivity contribution in [1.29, 1.82) is 0 Å². The van der Waals surface area contributed by atoms with E-state index < -0.39 is 42.7 Å². The Morgan fingerprint density at radius 3 is 2.55 bits per heavy atom. The number of allylic oxidation sites excluding steroid dienone is 1. The first kappa shape index (κ1) is 23.2. The number of fused-ring (bicyclic) bond motifs is 1. The minimum atomic E-state index is -1.54. The normalized spacial score (nSPS) is 27.0. The molecule has 1 aromatic heterocycles. The van der Waals surface area contributed by atoms with Crippen molar-refractivity contribution < 1.29 is 44.5 Å². The molecule has 5 unspecified atom stereocenters. The molecular weight excluding hydrogens is 412 g/mol. The van der Waals surface area contributed by atoms with Crippen molar-refractivity contribution in [2.45, 2.75) is 51.0 Å². The number of rotatable bonds is 6. The fraction of sp³-hybridized carbons (Fsp3) is 0.476. The van der Waals surface area contributed by atoms with E-state index in [0.717, 1.165) is 0 Å². The molecule has 1 saturated heterocycles. The van der Waals surface area contributed by atoms with Crippen LogP contribution in [0.3, 0.4) is 0 Å². The molecule has 3 rings (SSSR count). The van der Waals surface area contributed by atoms with Gasteiger partial charge in [0.05, 0.1) is 13.2 Å². The predicted octanol–water partition coefficient (Wildman–Crippen LogP) is -0.182. The van der Waals surface area contributed by atoms with E-state index in [2.05, 4.69) is 0 Å². The predicted molar refractivity (Wildman–Crippen MR) is 108 cm³/mol. The Kier molecular flexibility index (Phi) is 6.99. The number of ether oxygens (including phenoxy) is 2. The Hall–Kier alpha value is -2.47. The molecule has 0 radical (unpaired) electrons. The molecule has 10 nitrogen and oxygen atoms in total. The molecule has 31 heavy (non-hydrogen) atoms. The first-order valence-corrected chi connectivity index (χ1v) is 9.70. The molecule has 10 heteroatoms. The van der Waals surface area contributed by atoms with Gasteiger partial charge in [-0.05, 0) is 20.3 Å². The Morgan fingerprint density at radius 1 is 1.16 bits per heavy atom. The van der Waals surface area contributed by atoms with E-state index in [-0.39, 0.29) is 41.1 Å². The summed E-state index contributed by atoms with van der Waals surface area (Å²) in [7, 11) is 0. The molecule has 0 aliphatic carbocycles. The maximum Gasteiger partial charge on any atom is 0.196 e. The van der Waals surface area contributed by atoms with Gasteiger partial charge in [0.15, 0.2) is 11.7 Å². The van der Waals surface area contributed by atoms with E-state index in [9.17, 15) is 35.4 Å². The van der Waals surface area contributed by atoms with E-state index in [1.807, 2.05) is 0 Å². The molecule has 0 saturated carbocycles. The lowest BCUT2D eigenvalue weighted by molar-refractivity contribution is -0.299. The van der Waals surface area contributed by atoms with E-state index >= 15 is 0 Å². The summed E-state index contributed by atoms with van der Waals surface area (Å²) in [6.07, 6.45) is -5.16. The molecule has 2 aromatic rings. The van der Waals surface area contributed by atoms with Gasteiger partial charge in [-0.1, -0.05) is 11.6 Å². The maximum atomic E-state index is 12.2. The van der Waals surface area contributed by atoms with Crippen LogP contribution in [-0.2, 0) is 15.9 Å². The van der Waals surface area contributed by atoms with Crippen LogP contribution in [0.25, 0.3) is 11.0 Å². The third-order valence-electron chi connectivity index (χ3n) is 5.18. The highest BCUT2D eigenvalue weighted by Gasteiger charge is 2.43. The maximum absolute atomic E-state index is 12.2. The molecule has 1 aliphatic heterocycles. The number of aryl methyl sites for hydroxylation is 1. The standard InChI is InChI=1S/C21H26O10/c1-9(8-29-21-20(28)19(27)18(26)15(7-22)31-21)3-4-11-12(23)6-14-16(17(11)25)13(24)5-10(2)30-14/h3,5-6,15,18-23,25-28H,4,7-8H2,1-2H3/b9-3-. The molecule has 170 valence electrons. The number of aliphatic hydroxyl groups excluding tert-OH is 4. The summed E-state index contributed by atoms with van der Waals surface area (Å²) in [6.45, 7) is 2.67. The number of aliphatic hydroxyl groups is 4. The number of aromatic hydroxyl groups is 2. The molecule has 0 spiro atoms. The Morgan fingerprint density at radius 2 is 1.87 bits per heavy atom. The smallest absolute Gasteiger partial charge is 0.196 e. The molecule has 0 amide bonds. The zero-order valence-corrected chi connectivity index (χ0v) is 17.1. The highest BCUT2D eigenvalue weighted by Crippen LogP contribution is 2.35. The number of hydrogen-bond donors (Lipinski definition) is 6. The third-order valence-corrected chi connectivity index (χ3v) is 5.18. The Labute approximate surface area is 177 Å². The first-order chi connectivity index (χ1) is 14.6. The first-order valence-electron chi connectivity index (χ1n) is 9.70. The van der Waals surface area contributed by atoms with Gasteiger partial charge < -0.3 is 44.5 Å². The van der Waals surface area contributed by atoms with Gasteiger partial charge in [-0.2, -0.15) is 0 Å². The molecule has 6 N–H and O–H groups in total. The monoisotopic (exact) mass is 438 g/mol. The van der Waals surface area contributed by atoms with Gasteiger partial charge in [0.25, 0.3) is 0 Å². The number of phenols is 2. The van der Waals surface area contributed by atoms with Crippen LogP contribution in [0.4, 0.5) is 0 Å². The second-order valence-corrected chi connectivity index (χ2v) is 7.58. The third kappa shape index (κ3) is 4.74. The summed E-state index contributed by atoms with van der Waals surface area (Å²) in [4.78, 5) is 12.2. The number of phenolic OH excluding ortho intramolecular Hbond substituents is 2. The van der Waals surface area contributed by atoms with Crippen LogP contribution in [0.1, 0.15) is 18.2 Å². The second kappa shape index (κ2) is 9.35. The number of hydrogen-bond acceptors (Lipinski definition) is 10. The van der Waals surface area contributed by atoms with Crippen LogP contribution >= 0.6 is 0 Å². The summed E-state index contributed by atoms with van der Waals surface area (Å²) in [5, 5.41) is 59.5. The minimum absolute atomic E-state index is 0.0259. The minimum Gasteiger partial charge on any atom is -0.507 e. The quantitative estimate of drug-likeness (QED) is 0.333. The van der Waals surface area contributed by atoms with Crippen LogP contribution < -0.4 is 5.43 Å². The van der Waals surface area contributed by atoms with E-state index in [1.54, 1.807) is 19.9 Å². The Bertz CT molecular complexity index is 1020. The lowest BCUT2D eigenvalue weighted by Gasteiger charge is -2.39. The fourth-order valence-corrected chi connectivity index (χ4v) is 3.41. The van der Waals surface area contributed by atoms with Gasteiger partial charge in [0.2, 0.25) is 0 Å². The summed E-state index contributed by atoms with van der Waals surface area (Å²) in [5.41, 5.74) is 0.419. The van der Waals surface area contributed by atoms with Crippen molar-refractivity contribution in [3.63, 3.8) is 0 Å². The zero-order chi connectivity index (χ0) is 22.9. The van der Waals surface area contributed by atoms with Crippen LogP contribution in [0, 0.1) is 6.92 Å².